The van der Waals surface area contributed by atoms with Gasteiger partial charge in [-0.3, -0.25) is 4.79 Å². The van der Waals surface area contributed by atoms with Gasteiger partial charge in [0.2, 0.25) is 5.91 Å². The Kier molecular flexibility index (Phi) is 7.48. The Labute approximate surface area is 137 Å². The van der Waals surface area contributed by atoms with E-state index < -0.39 is 0 Å². The van der Waals surface area contributed by atoms with E-state index in [4.69, 9.17) is 4.74 Å². The molecule has 1 amide bonds. The minimum Gasteiger partial charge on any atom is -0.382 e. The van der Waals surface area contributed by atoms with E-state index in [0.717, 1.165) is 38.5 Å². The van der Waals surface area contributed by atoms with Crippen LogP contribution in [0.15, 0.2) is 30.3 Å². The molecule has 1 aromatic carbocycles. The summed E-state index contributed by atoms with van der Waals surface area (Å²) >= 11 is 0. The third kappa shape index (κ3) is 7.09. The predicted octanol–water partition coefficient (Wildman–Crippen LogP) is -1.76. The smallest absolute Gasteiger partial charge is 0.230 e. The molecule has 0 bridgehead atoms. The van der Waals surface area contributed by atoms with Crippen LogP contribution in [0.4, 0.5) is 5.69 Å². The van der Waals surface area contributed by atoms with Crippen LogP contribution in [0.5, 0.6) is 0 Å². The van der Waals surface area contributed by atoms with Crippen LogP contribution in [0.25, 0.3) is 0 Å². The minimum absolute atomic E-state index is 0.00763. The molecule has 0 aromatic heterocycles. The van der Waals surface area contributed by atoms with Crippen molar-refractivity contribution >= 4 is 11.6 Å². The van der Waals surface area contributed by atoms with Crippen molar-refractivity contribution in [3.63, 3.8) is 0 Å². The van der Waals surface area contributed by atoms with Gasteiger partial charge >= 0.3 is 0 Å². The summed E-state index contributed by atoms with van der Waals surface area (Å²) in [5.74, 6) is 0.00763. The summed E-state index contributed by atoms with van der Waals surface area (Å²) in [7, 11) is 0. The van der Waals surface area contributed by atoms with Crippen LogP contribution in [0.3, 0.4) is 0 Å². The molecule has 1 aliphatic rings. The summed E-state index contributed by atoms with van der Waals surface area (Å²) in [5.41, 5.74) is 0.820. The first-order chi connectivity index (χ1) is 11.1. The number of quaternary nitrogens is 2. The number of rotatable bonds is 8. The molecule has 1 saturated heterocycles. The molecule has 1 aliphatic heterocycles. The topological polar surface area (TPSA) is 79.6 Å². The van der Waals surface area contributed by atoms with E-state index in [2.05, 4.69) is 10.6 Å². The fraction of sp³-hybridized carbons (Fsp3) is 0.588. The Hall–Kier alpha value is -1.47. The first kappa shape index (κ1) is 17.9. The van der Waals surface area contributed by atoms with Crippen LogP contribution in [0.1, 0.15) is 13.3 Å². The number of carbonyl (C=O) groups excluding carboxylic acids is 1. The van der Waals surface area contributed by atoms with Gasteiger partial charge in [0.15, 0.2) is 6.10 Å². The highest BCUT2D eigenvalue weighted by Crippen LogP contribution is 2.05. The zero-order chi connectivity index (χ0) is 16.5. The number of nitrogens with two attached hydrogens (primary N) is 1. The Bertz CT molecular complexity index is 463. The Morgan fingerprint density at radius 2 is 2.04 bits per heavy atom. The Morgan fingerprint density at radius 3 is 2.74 bits per heavy atom. The first-order valence-corrected chi connectivity index (χ1v) is 8.41. The fourth-order valence-electron chi connectivity index (χ4n) is 2.78. The van der Waals surface area contributed by atoms with Crippen molar-refractivity contribution < 1.29 is 24.9 Å². The molecule has 6 nitrogen and oxygen atoms in total. The monoisotopic (exact) mass is 323 g/mol. The average Bonchev–Trinajstić information content (AvgIpc) is 2.55. The van der Waals surface area contributed by atoms with Gasteiger partial charge in [0.25, 0.3) is 0 Å². The second kappa shape index (κ2) is 9.62. The number of aliphatic hydroxyl groups excluding tert-OH is 1. The van der Waals surface area contributed by atoms with E-state index in [0.29, 0.717) is 13.0 Å². The number of para-hydroxylation sites is 1. The second-order valence-corrected chi connectivity index (χ2v) is 6.29. The van der Waals surface area contributed by atoms with Gasteiger partial charge in [0.05, 0.1) is 25.7 Å². The first-order valence-electron chi connectivity index (χ1n) is 8.41. The number of morpholine rings is 1. The molecule has 5 N–H and O–H groups in total. The maximum Gasteiger partial charge on any atom is 0.230 e. The maximum atomic E-state index is 12.0. The quantitative estimate of drug-likeness (QED) is 0.458. The summed E-state index contributed by atoms with van der Waals surface area (Å²) < 4.78 is 5.32. The SMILES string of the molecule is C[C@H](CC(=O)Nc1ccccc1)[NH2+]C[C@H](O)C[NH+]1CCOCC1. The highest BCUT2D eigenvalue weighted by molar-refractivity contribution is 5.90. The normalized spacial score (nSPS) is 18.3. The lowest BCUT2D eigenvalue weighted by atomic mass is 10.2. The van der Waals surface area contributed by atoms with E-state index in [9.17, 15) is 9.90 Å². The number of hydrogen-bond acceptors (Lipinski definition) is 3. The highest BCUT2D eigenvalue weighted by atomic mass is 16.5. The molecule has 0 spiro atoms. The van der Waals surface area contributed by atoms with Crippen LogP contribution >= 0.6 is 0 Å². The molecule has 0 aliphatic carbocycles. The zero-order valence-corrected chi connectivity index (χ0v) is 13.8. The third-order valence-corrected chi connectivity index (χ3v) is 4.10. The molecular formula is C17H29N3O3+2. The fourth-order valence-corrected chi connectivity index (χ4v) is 2.78. The molecule has 128 valence electrons. The van der Waals surface area contributed by atoms with Gasteiger partial charge in [-0.2, -0.15) is 0 Å². The molecule has 2 rings (SSSR count). The lowest BCUT2D eigenvalue weighted by Crippen LogP contribution is -3.15. The lowest BCUT2D eigenvalue weighted by Gasteiger charge is -2.25. The largest absolute Gasteiger partial charge is 0.382 e. The predicted molar refractivity (Wildman–Crippen MR) is 88.3 cm³/mol. The summed E-state index contributed by atoms with van der Waals surface area (Å²) in [6.07, 6.45) is 0.0918. The molecule has 1 fully saturated rings. The van der Waals surface area contributed by atoms with Crippen LogP contribution in [-0.2, 0) is 9.53 Å². The van der Waals surface area contributed by atoms with Crippen LogP contribution in [-0.4, -0.2) is 62.6 Å². The molecule has 2 atom stereocenters. The van der Waals surface area contributed by atoms with E-state index in [1.54, 1.807) is 0 Å². The summed E-state index contributed by atoms with van der Waals surface area (Å²) in [4.78, 5) is 13.4. The molecule has 0 unspecified atom stereocenters. The summed E-state index contributed by atoms with van der Waals surface area (Å²) in [5, 5.41) is 15.1. The van der Waals surface area contributed by atoms with E-state index in [-0.39, 0.29) is 18.1 Å². The second-order valence-electron chi connectivity index (χ2n) is 6.29. The van der Waals surface area contributed by atoms with Crippen LogP contribution in [0.2, 0.25) is 0 Å². The number of aliphatic hydroxyl groups is 1. The summed E-state index contributed by atoms with van der Waals surface area (Å²) in [6.45, 7) is 6.88. The van der Waals surface area contributed by atoms with Crippen molar-refractivity contribution in [3.8, 4) is 0 Å². The zero-order valence-electron chi connectivity index (χ0n) is 13.8. The number of benzene rings is 1. The number of anilines is 1. The average molecular weight is 323 g/mol. The van der Waals surface area contributed by atoms with Gasteiger partial charge in [-0.1, -0.05) is 18.2 Å². The van der Waals surface area contributed by atoms with Gasteiger partial charge in [-0.15, -0.1) is 0 Å². The molecule has 23 heavy (non-hydrogen) atoms. The number of hydrogen-bond donors (Lipinski definition) is 4. The van der Waals surface area contributed by atoms with Crippen LogP contribution < -0.4 is 15.5 Å². The number of amides is 1. The molecule has 0 saturated carbocycles. The Balaban J connectivity index is 1.61. The van der Waals surface area contributed by atoms with Crippen molar-refractivity contribution in [2.75, 3.05) is 44.7 Å². The van der Waals surface area contributed by atoms with Crippen molar-refractivity contribution in [2.45, 2.75) is 25.5 Å². The standard InChI is InChI=1S/C17H27N3O3/c1-14(11-17(22)19-15-5-3-2-4-6-15)18-12-16(21)13-20-7-9-23-10-8-20/h2-6,14,16,18,21H,7-13H2,1H3,(H,19,22)/p+2/t14-,16+/m1/s1. The number of nitrogens with one attached hydrogen (secondary N) is 2. The molecule has 1 heterocycles. The van der Waals surface area contributed by atoms with Gasteiger partial charge in [-0.25, -0.2) is 0 Å². The van der Waals surface area contributed by atoms with Crippen molar-refractivity contribution in [2.24, 2.45) is 0 Å². The molecule has 1 aromatic rings. The van der Waals surface area contributed by atoms with Gasteiger partial charge in [0, 0.05) is 5.69 Å². The Morgan fingerprint density at radius 1 is 1.35 bits per heavy atom. The van der Waals surface area contributed by atoms with Crippen LogP contribution in [0, 0.1) is 0 Å². The molecule has 6 heteroatoms. The van der Waals surface area contributed by atoms with E-state index in [1.165, 1.54) is 4.90 Å². The molecular weight excluding hydrogens is 294 g/mol. The maximum absolute atomic E-state index is 12.0. The molecule has 0 radical (unpaired) electrons. The lowest BCUT2D eigenvalue weighted by molar-refractivity contribution is -0.912. The van der Waals surface area contributed by atoms with Crippen molar-refractivity contribution in [1.29, 1.82) is 0 Å². The van der Waals surface area contributed by atoms with Crippen molar-refractivity contribution in [1.82, 2.24) is 0 Å². The van der Waals surface area contributed by atoms with Gasteiger partial charge in [0.1, 0.15) is 26.2 Å². The number of carbonyl (C=O) groups is 1. The van der Waals surface area contributed by atoms with Crippen molar-refractivity contribution in [3.05, 3.63) is 30.3 Å². The van der Waals surface area contributed by atoms with Gasteiger partial charge in [-0.05, 0) is 19.1 Å². The number of ether oxygens (including phenoxy) is 1. The third-order valence-electron chi connectivity index (χ3n) is 4.10. The minimum atomic E-state index is -0.345. The highest BCUT2D eigenvalue weighted by Gasteiger charge is 2.20. The van der Waals surface area contributed by atoms with E-state index in [1.807, 2.05) is 37.3 Å². The van der Waals surface area contributed by atoms with Gasteiger partial charge < -0.3 is 25.4 Å². The van der Waals surface area contributed by atoms with E-state index >= 15 is 0 Å². The summed E-state index contributed by atoms with van der Waals surface area (Å²) in [6, 6.07) is 9.62.